The molecule has 2 aromatic heterocycles. The number of nitrogens with zero attached hydrogens (tertiary/aromatic N) is 2. The fourth-order valence-electron chi connectivity index (χ4n) is 2.17. The van der Waals surface area contributed by atoms with Crippen LogP contribution in [0.2, 0.25) is 0 Å². The molecule has 3 rings (SSSR count). The molecular weight excluding hydrogens is 296 g/mol. The van der Waals surface area contributed by atoms with Crippen molar-refractivity contribution < 1.29 is 19.1 Å². The molecule has 6 heteroatoms. The Morgan fingerprint density at radius 2 is 2.00 bits per heavy atom. The third-order valence-corrected chi connectivity index (χ3v) is 3.26. The first-order valence-corrected chi connectivity index (χ1v) is 6.82. The molecule has 0 unspecified atom stereocenters. The molecule has 0 saturated carbocycles. The van der Waals surface area contributed by atoms with Gasteiger partial charge in [-0.1, -0.05) is 23.8 Å². The maximum absolute atomic E-state index is 12.3. The molecule has 6 nitrogen and oxygen atoms in total. The zero-order valence-electron chi connectivity index (χ0n) is 12.2. The molecule has 0 aliphatic carbocycles. The summed E-state index contributed by atoms with van der Waals surface area (Å²) in [6.45, 7) is 1.91. The van der Waals surface area contributed by atoms with Crippen LogP contribution in [0.15, 0.2) is 53.3 Å². The highest BCUT2D eigenvalue weighted by Gasteiger charge is 2.23. The Hall–Kier alpha value is -3.28. The number of rotatable bonds is 4. The van der Waals surface area contributed by atoms with Gasteiger partial charge < -0.3 is 9.52 Å². The molecule has 1 aromatic carbocycles. The van der Waals surface area contributed by atoms with Crippen LogP contribution in [-0.4, -0.2) is 26.8 Å². The Balaban J connectivity index is 2.09. The van der Waals surface area contributed by atoms with Gasteiger partial charge in [0, 0.05) is 11.8 Å². The molecule has 0 spiro atoms. The van der Waals surface area contributed by atoms with Gasteiger partial charge in [0.15, 0.2) is 17.3 Å². The number of hydrogen-bond acceptors (Lipinski definition) is 5. The van der Waals surface area contributed by atoms with Gasteiger partial charge in [0.2, 0.25) is 5.78 Å². The van der Waals surface area contributed by atoms with Gasteiger partial charge in [-0.05, 0) is 25.1 Å². The lowest BCUT2D eigenvalue weighted by atomic mass is 10.1. The van der Waals surface area contributed by atoms with Crippen molar-refractivity contribution in [3.05, 3.63) is 71.4 Å². The van der Waals surface area contributed by atoms with E-state index in [4.69, 9.17) is 4.42 Å². The van der Waals surface area contributed by atoms with Crippen LogP contribution < -0.4 is 0 Å². The third-order valence-electron chi connectivity index (χ3n) is 3.26. The average Bonchev–Trinajstić information content (AvgIpc) is 3.08. The third kappa shape index (κ3) is 2.87. The smallest absolute Gasteiger partial charge is 0.355 e. The molecule has 1 N–H and O–H groups in total. The molecule has 23 heavy (non-hydrogen) atoms. The number of carbonyl (C=O) groups excluding carboxylic acids is 1. The van der Waals surface area contributed by atoms with E-state index >= 15 is 0 Å². The maximum atomic E-state index is 12.3. The Morgan fingerprint density at radius 3 is 2.65 bits per heavy atom. The summed E-state index contributed by atoms with van der Waals surface area (Å²) in [4.78, 5) is 31.9. The van der Waals surface area contributed by atoms with Gasteiger partial charge in [-0.15, -0.1) is 0 Å². The number of aromatic nitrogens is 2. The molecule has 3 aromatic rings. The van der Waals surface area contributed by atoms with E-state index in [1.807, 2.05) is 25.1 Å². The zero-order valence-corrected chi connectivity index (χ0v) is 12.2. The molecule has 0 radical (unpaired) electrons. The second kappa shape index (κ2) is 5.84. The number of aromatic carboxylic acids is 1. The highest BCUT2D eigenvalue weighted by molar-refractivity contribution is 6.12. The Labute approximate surface area is 131 Å². The number of ketones is 1. The first-order valence-electron chi connectivity index (χ1n) is 6.82. The quantitative estimate of drug-likeness (QED) is 0.745. The second-order valence-corrected chi connectivity index (χ2v) is 4.94. The van der Waals surface area contributed by atoms with Crippen molar-refractivity contribution in [1.29, 1.82) is 0 Å². The van der Waals surface area contributed by atoms with E-state index in [2.05, 4.69) is 9.97 Å². The summed E-state index contributed by atoms with van der Waals surface area (Å²) in [5, 5.41) is 9.36. The van der Waals surface area contributed by atoms with Crippen LogP contribution in [0, 0.1) is 6.92 Å². The van der Waals surface area contributed by atoms with Crippen molar-refractivity contribution in [3.8, 4) is 11.4 Å². The van der Waals surface area contributed by atoms with Gasteiger partial charge in [0.1, 0.15) is 0 Å². The van der Waals surface area contributed by atoms with Gasteiger partial charge in [-0.25, -0.2) is 14.8 Å². The minimum Gasteiger partial charge on any atom is -0.476 e. The molecule has 0 aliphatic heterocycles. The van der Waals surface area contributed by atoms with E-state index in [0.29, 0.717) is 5.56 Å². The fraction of sp³-hybridized carbons (Fsp3) is 0.0588. The van der Waals surface area contributed by atoms with Crippen LogP contribution in [0.3, 0.4) is 0 Å². The summed E-state index contributed by atoms with van der Waals surface area (Å²) >= 11 is 0. The number of benzene rings is 1. The van der Waals surface area contributed by atoms with Crippen molar-refractivity contribution in [3.63, 3.8) is 0 Å². The van der Waals surface area contributed by atoms with Gasteiger partial charge in [0.05, 0.1) is 11.8 Å². The van der Waals surface area contributed by atoms with Crippen LogP contribution in [-0.2, 0) is 0 Å². The van der Waals surface area contributed by atoms with E-state index in [0.717, 1.165) is 5.56 Å². The Kier molecular flexibility index (Phi) is 3.72. The van der Waals surface area contributed by atoms with Crippen LogP contribution in [0.25, 0.3) is 11.4 Å². The predicted octanol–water partition coefficient (Wildman–Crippen LogP) is 2.97. The first kappa shape index (κ1) is 14.6. The minimum absolute atomic E-state index is 0.0411. The summed E-state index contributed by atoms with van der Waals surface area (Å²) in [5.41, 5.74) is 1.23. The molecule has 0 atom stereocenters. The van der Waals surface area contributed by atoms with Crippen molar-refractivity contribution in [2.75, 3.05) is 0 Å². The number of carboxylic acids is 1. The van der Waals surface area contributed by atoms with Crippen LogP contribution in [0.5, 0.6) is 0 Å². The molecule has 0 aliphatic rings. The molecule has 0 saturated heterocycles. The number of furan rings is 1. The Morgan fingerprint density at radius 1 is 1.17 bits per heavy atom. The van der Waals surface area contributed by atoms with E-state index in [1.165, 1.54) is 18.5 Å². The van der Waals surface area contributed by atoms with Crippen molar-refractivity contribution in [2.24, 2.45) is 0 Å². The minimum atomic E-state index is -1.30. The number of carboxylic acid groups (broad SMARTS) is 1. The largest absolute Gasteiger partial charge is 0.476 e. The highest BCUT2D eigenvalue weighted by Crippen LogP contribution is 2.19. The van der Waals surface area contributed by atoms with Crippen molar-refractivity contribution in [1.82, 2.24) is 9.97 Å². The van der Waals surface area contributed by atoms with E-state index < -0.39 is 11.8 Å². The lowest BCUT2D eigenvalue weighted by Crippen LogP contribution is -2.13. The highest BCUT2D eigenvalue weighted by atomic mass is 16.4. The van der Waals surface area contributed by atoms with E-state index in [9.17, 15) is 14.7 Å². The molecule has 0 bridgehead atoms. The van der Waals surface area contributed by atoms with Crippen molar-refractivity contribution >= 4 is 11.8 Å². The lowest BCUT2D eigenvalue weighted by molar-refractivity contribution is 0.0685. The normalized spacial score (nSPS) is 10.5. The van der Waals surface area contributed by atoms with Gasteiger partial charge in [0.25, 0.3) is 0 Å². The fourth-order valence-corrected chi connectivity index (χ4v) is 2.17. The average molecular weight is 308 g/mol. The lowest BCUT2D eigenvalue weighted by Gasteiger charge is -2.06. The molecular formula is C17H12N2O4. The summed E-state index contributed by atoms with van der Waals surface area (Å²) < 4.78 is 5.02. The SMILES string of the molecule is Cc1cccc(-c2ncc(C(=O)c3ccco3)c(C(=O)O)n2)c1. The monoisotopic (exact) mass is 308 g/mol. The van der Waals surface area contributed by atoms with Crippen LogP contribution in [0.1, 0.15) is 32.2 Å². The predicted molar refractivity (Wildman–Crippen MR) is 81.3 cm³/mol. The van der Waals surface area contributed by atoms with Gasteiger partial charge in [-0.3, -0.25) is 4.79 Å². The van der Waals surface area contributed by atoms with Crippen LogP contribution >= 0.6 is 0 Å². The number of aryl methyl sites for hydroxylation is 1. The van der Waals surface area contributed by atoms with E-state index in [1.54, 1.807) is 12.1 Å². The topological polar surface area (TPSA) is 93.3 Å². The summed E-state index contributed by atoms with van der Waals surface area (Å²) in [6.07, 6.45) is 2.56. The van der Waals surface area contributed by atoms with Crippen molar-refractivity contribution in [2.45, 2.75) is 6.92 Å². The molecule has 0 fully saturated rings. The van der Waals surface area contributed by atoms with Gasteiger partial charge >= 0.3 is 5.97 Å². The first-order chi connectivity index (χ1) is 11.1. The summed E-state index contributed by atoms with van der Waals surface area (Å²) in [6, 6.07) is 10.4. The van der Waals surface area contributed by atoms with Crippen LogP contribution in [0.4, 0.5) is 0 Å². The molecule has 0 amide bonds. The number of carbonyl (C=O) groups is 2. The zero-order chi connectivity index (χ0) is 16.4. The maximum Gasteiger partial charge on any atom is 0.355 e. The summed E-state index contributed by atoms with van der Waals surface area (Å²) in [5.74, 6) is -1.57. The van der Waals surface area contributed by atoms with Gasteiger partial charge in [-0.2, -0.15) is 0 Å². The second-order valence-electron chi connectivity index (χ2n) is 4.94. The number of hydrogen-bond donors (Lipinski definition) is 1. The summed E-state index contributed by atoms with van der Waals surface area (Å²) in [7, 11) is 0. The molecule has 2 heterocycles. The van der Waals surface area contributed by atoms with E-state index in [-0.39, 0.29) is 22.8 Å². The Bertz CT molecular complexity index is 885. The standard InChI is InChI=1S/C17H12N2O4/c1-10-4-2-5-11(8-10)16-18-9-12(14(19-16)17(21)22)15(20)13-6-3-7-23-13/h2-9H,1H3,(H,21,22). The molecule has 114 valence electrons.